The third-order valence-corrected chi connectivity index (χ3v) is 6.86. The number of amides is 1. The highest BCUT2D eigenvalue weighted by atomic mass is 35.5. The number of sulfonamides is 1. The van der Waals surface area contributed by atoms with Gasteiger partial charge in [-0.1, -0.05) is 23.7 Å². The lowest BCUT2D eigenvalue weighted by Gasteiger charge is -2.10. The Morgan fingerprint density at radius 2 is 1.55 bits per heavy atom. The fourth-order valence-corrected chi connectivity index (χ4v) is 4.60. The fraction of sp³-hybridized carbons (Fsp3) is 0.136. The molecule has 3 aromatic carbocycles. The summed E-state index contributed by atoms with van der Waals surface area (Å²) in [7, 11) is -2.12. The molecule has 162 valence electrons. The first kappa shape index (κ1) is 23.0. The molecule has 3 aromatic rings. The topological polar surface area (TPSA) is 84.5 Å². The van der Waals surface area contributed by atoms with Crippen molar-refractivity contribution >= 4 is 50.7 Å². The van der Waals surface area contributed by atoms with Crippen molar-refractivity contribution in [3.8, 4) is 5.75 Å². The molecule has 9 heteroatoms. The lowest BCUT2D eigenvalue weighted by molar-refractivity contribution is -0.113. The molecule has 3 rings (SSSR count). The predicted octanol–water partition coefficient (Wildman–Crippen LogP) is 5.02. The Morgan fingerprint density at radius 1 is 0.935 bits per heavy atom. The van der Waals surface area contributed by atoms with Crippen LogP contribution < -0.4 is 14.8 Å². The average molecular weight is 477 g/mol. The first-order chi connectivity index (χ1) is 14.9. The number of thioether (sulfide) groups is 1. The van der Waals surface area contributed by atoms with Crippen molar-refractivity contribution in [2.24, 2.45) is 0 Å². The number of carbonyl (C=O) groups is 1. The van der Waals surface area contributed by atoms with Crippen LogP contribution in [0.25, 0.3) is 0 Å². The summed E-state index contributed by atoms with van der Waals surface area (Å²) in [5, 5.41) is 3.29. The first-order valence-electron chi connectivity index (χ1n) is 9.25. The zero-order valence-corrected chi connectivity index (χ0v) is 19.1. The van der Waals surface area contributed by atoms with Gasteiger partial charge in [-0.25, -0.2) is 8.42 Å². The number of hydrogen-bond donors (Lipinski definition) is 2. The molecular weight excluding hydrogens is 456 g/mol. The number of anilines is 2. The van der Waals surface area contributed by atoms with E-state index in [2.05, 4.69) is 10.0 Å². The number of benzene rings is 3. The average Bonchev–Trinajstić information content (AvgIpc) is 2.76. The molecule has 6 nitrogen and oxygen atoms in total. The Morgan fingerprint density at radius 3 is 2.16 bits per heavy atom. The van der Waals surface area contributed by atoms with E-state index < -0.39 is 10.0 Å². The van der Waals surface area contributed by atoms with Gasteiger partial charge in [0, 0.05) is 22.2 Å². The zero-order valence-electron chi connectivity index (χ0n) is 16.7. The number of nitrogens with one attached hydrogen (secondary N) is 2. The molecule has 0 bridgehead atoms. The second kappa shape index (κ2) is 10.6. The minimum absolute atomic E-state index is 0.0920. The monoisotopic (exact) mass is 476 g/mol. The summed E-state index contributed by atoms with van der Waals surface area (Å²) >= 11 is 7.30. The number of hydrogen-bond acceptors (Lipinski definition) is 5. The number of halogens is 1. The van der Waals surface area contributed by atoms with Crippen molar-refractivity contribution < 1.29 is 17.9 Å². The lowest BCUT2D eigenvalue weighted by atomic mass is 10.2. The molecule has 0 atom stereocenters. The molecule has 0 aromatic heterocycles. The summed E-state index contributed by atoms with van der Waals surface area (Å²) in [4.78, 5) is 12.3. The van der Waals surface area contributed by atoms with Gasteiger partial charge in [0.2, 0.25) is 5.91 Å². The highest BCUT2D eigenvalue weighted by Gasteiger charge is 2.14. The number of carbonyl (C=O) groups excluding carboxylic acids is 1. The van der Waals surface area contributed by atoms with Gasteiger partial charge in [-0.2, -0.15) is 0 Å². The van der Waals surface area contributed by atoms with Crippen LogP contribution in [0, 0.1) is 0 Å². The quantitative estimate of drug-likeness (QED) is 0.453. The van der Waals surface area contributed by atoms with Crippen LogP contribution in [-0.2, 0) is 20.6 Å². The van der Waals surface area contributed by atoms with Gasteiger partial charge in [0.05, 0.1) is 17.8 Å². The maximum atomic E-state index is 12.5. The van der Waals surface area contributed by atoms with E-state index in [9.17, 15) is 13.2 Å². The van der Waals surface area contributed by atoms with Crippen LogP contribution in [0.1, 0.15) is 5.56 Å². The number of ether oxygens (including phenoxy) is 1. The molecule has 0 radical (unpaired) electrons. The van der Waals surface area contributed by atoms with Crippen LogP contribution in [0.15, 0.2) is 77.7 Å². The van der Waals surface area contributed by atoms with Gasteiger partial charge in [-0.15, -0.1) is 11.8 Å². The molecular formula is C22H21ClN2O4S2. The standard InChI is InChI=1S/C22H21ClN2O4S2/c1-29-20-10-2-16(3-11-20)14-30-15-22(26)24-18-8-12-21(13-9-18)31(27,28)25-19-6-4-17(23)5-7-19/h2-13,25H,14-15H2,1H3,(H,24,26). The molecule has 0 unspecified atom stereocenters. The maximum absolute atomic E-state index is 12.5. The zero-order chi connectivity index (χ0) is 22.3. The molecule has 0 aliphatic heterocycles. The van der Waals surface area contributed by atoms with Crippen molar-refractivity contribution in [1.29, 1.82) is 0 Å². The molecule has 31 heavy (non-hydrogen) atoms. The van der Waals surface area contributed by atoms with Crippen LogP contribution >= 0.6 is 23.4 Å². The van der Waals surface area contributed by atoms with E-state index in [0.717, 1.165) is 11.3 Å². The van der Waals surface area contributed by atoms with Crippen molar-refractivity contribution in [2.45, 2.75) is 10.6 Å². The van der Waals surface area contributed by atoms with Gasteiger partial charge >= 0.3 is 0 Å². The third-order valence-electron chi connectivity index (χ3n) is 4.21. The largest absolute Gasteiger partial charge is 0.497 e. The Bertz CT molecular complexity index is 1120. The molecule has 0 saturated heterocycles. The summed E-state index contributed by atoms with van der Waals surface area (Å²) in [6.45, 7) is 0. The molecule has 2 N–H and O–H groups in total. The van der Waals surface area contributed by atoms with Crippen LogP contribution in [0.5, 0.6) is 5.75 Å². The molecule has 0 aliphatic carbocycles. The smallest absolute Gasteiger partial charge is 0.261 e. The van der Waals surface area contributed by atoms with E-state index in [4.69, 9.17) is 16.3 Å². The van der Waals surface area contributed by atoms with E-state index in [1.807, 2.05) is 24.3 Å². The number of methoxy groups -OCH3 is 1. The van der Waals surface area contributed by atoms with Gasteiger partial charge in [-0.3, -0.25) is 9.52 Å². The van der Waals surface area contributed by atoms with Crippen LogP contribution in [0.2, 0.25) is 5.02 Å². The highest BCUT2D eigenvalue weighted by Crippen LogP contribution is 2.21. The molecule has 0 fully saturated rings. The van der Waals surface area contributed by atoms with Crippen LogP contribution in [-0.4, -0.2) is 27.2 Å². The molecule has 0 aliphatic rings. The van der Waals surface area contributed by atoms with E-state index >= 15 is 0 Å². The Hall–Kier alpha value is -2.68. The van der Waals surface area contributed by atoms with Crippen LogP contribution in [0.4, 0.5) is 11.4 Å². The summed E-state index contributed by atoms with van der Waals surface area (Å²) in [6.07, 6.45) is 0. The van der Waals surface area contributed by atoms with Gasteiger partial charge in [0.1, 0.15) is 5.75 Å². The normalized spacial score (nSPS) is 11.0. The molecule has 0 saturated carbocycles. The minimum atomic E-state index is -3.74. The minimum Gasteiger partial charge on any atom is -0.497 e. The van der Waals surface area contributed by atoms with Gasteiger partial charge < -0.3 is 10.1 Å². The molecule has 0 heterocycles. The lowest BCUT2D eigenvalue weighted by Crippen LogP contribution is -2.15. The van der Waals surface area contributed by atoms with E-state index in [-0.39, 0.29) is 16.6 Å². The number of rotatable bonds is 9. The summed E-state index contributed by atoms with van der Waals surface area (Å²) < 4.78 is 32.6. The Balaban J connectivity index is 1.50. The summed E-state index contributed by atoms with van der Waals surface area (Å²) in [5.41, 5.74) is 2.04. The fourth-order valence-electron chi connectivity index (χ4n) is 2.63. The van der Waals surface area contributed by atoms with E-state index in [1.54, 1.807) is 43.5 Å². The van der Waals surface area contributed by atoms with E-state index in [0.29, 0.717) is 22.2 Å². The van der Waals surface area contributed by atoms with E-state index in [1.165, 1.54) is 23.9 Å². The molecule has 1 amide bonds. The second-order valence-electron chi connectivity index (χ2n) is 6.53. The third kappa shape index (κ3) is 6.92. The van der Waals surface area contributed by atoms with Gasteiger partial charge in [0.15, 0.2) is 0 Å². The van der Waals surface area contributed by atoms with Crippen molar-refractivity contribution in [2.75, 3.05) is 22.9 Å². The van der Waals surface area contributed by atoms with Crippen LogP contribution in [0.3, 0.4) is 0 Å². The van der Waals surface area contributed by atoms with Crippen molar-refractivity contribution in [3.05, 3.63) is 83.4 Å². The first-order valence-corrected chi connectivity index (χ1v) is 12.3. The van der Waals surface area contributed by atoms with Gasteiger partial charge in [-0.05, 0) is 66.2 Å². The summed E-state index contributed by atoms with van der Waals surface area (Å²) in [6, 6.07) is 20.1. The summed E-state index contributed by atoms with van der Waals surface area (Å²) in [5.74, 6) is 1.61. The van der Waals surface area contributed by atoms with Gasteiger partial charge in [0.25, 0.3) is 10.0 Å². The van der Waals surface area contributed by atoms with Crippen molar-refractivity contribution in [3.63, 3.8) is 0 Å². The molecule has 0 spiro atoms. The van der Waals surface area contributed by atoms with Crippen molar-refractivity contribution in [1.82, 2.24) is 0 Å². The maximum Gasteiger partial charge on any atom is 0.261 e. The predicted molar refractivity (Wildman–Crippen MR) is 126 cm³/mol. The Kier molecular flexibility index (Phi) is 7.84. The second-order valence-corrected chi connectivity index (χ2v) is 9.63. The Labute approximate surface area is 191 Å². The highest BCUT2D eigenvalue weighted by molar-refractivity contribution is 7.99. The SMILES string of the molecule is COc1ccc(CSCC(=O)Nc2ccc(S(=O)(=O)Nc3ccc(Cl)cc3)cc2)cc1.